The predicted molar refractivity (Wildman–Crippen MR) is 58.2 cm³/mol. The van der Waals surface area contributed by atoms with Crippen molar-refractivity contribution in [3.63, 3.8) is 0 Å². The summed E-state index contributed by atoms with van der Waals surface area (Å²) < 4.78 is 9.77. The largest absolute Gasteiger partial charge is 0.453 e. The summed E-state index contributed by atoms with van der Waals surface area (Å²) in [6.07, 6.45) is 1.49. The fourth-order valence-corrected chi connectivity index (χ4v) is 1.92. The molecule has 0 aromatic rings. The van der Waals surface area contributed by atoms with Gasteiger partial charge in [0.05, 0.1) is 13.2 Å². The third-order valence-electron chi connectivity index (χ3n) is 2.89. The molecule has 1 saturated heterocycles. The van der Waals surface area contributed by atoms with Crippen molar-refractivity contribution in [2.45, 2.75) is 32.2 Å². The average molecular weight is 229 g/mol. The van der Waals surface area contributed by atoms with E-state index in [1.165, 1.54) is 7.11 Å². The van der Waals surface area contributed by atoms with Gasteiger partial charge in [-0.15, -0.1) is 0 Å². The molecule has 92 valence electrons. The maximum absolute atomic E-state index is 11.8. The van der Waals surface area contributed by atoms with Gasteiger partial charge in [0.2, 0.25) is 0 Å². The monoisotopic (exact) mass is 229 g/mol. The molecule has 5 nitrogen and oxygen atoms in total. The zero-order valence-electron chi connectivity index (χ0n) is 9.82. The Labute approximate surface area is 95.5 Å². The highest BCUT2D eigenvalue weighted by Crippen LogP contribution is 2.20. The number of nitrogens with one attached hydrogen (secondary N) is 1. The van der Waals surface area contributed by atoms with Crippen LogP contribution in [-0.4, -0.2) is 38.2 Å². The Balaban J connectivity index is 2.61. The number of methoxy groups -OCH3 is 1. The van der Waals surface area contributed by atoms with Gasteiger partial charge >= 0.3 is 6.09 Å². The minimum atomic E-state index is -0.543. The summed E-state index contributed by atoms with van der Waals surface area (Å²) in [7, 11) is 1.30. The molecule has 1 heterocycles. The lowest BCUT2D eigenvalue weighted by Gasteiger charge is -2.29. The van der Waals surface area contributed by atoms with Crippen LogP contribution in [0.4, 0.5) is 4.79 Å². The summed E-state index contributed by atoms with van der Waals surface area (Å²) in [6.45, 7) is 3.11. The molecule has 0 unspecified atom stereocenters. The van der Waals surface area contributed by atoms with Crippen LogP contribution in [0.15, 0.2) is 0 Å². The fraction of sp³-hybridized carbons (Fsp3) is 0.818. The molecule has 1 atom stereocenters. The van der Waals surface area contributed by atoms with Crippen molar-refractivity contribution in [3.8, 4) is 0 Å². The van der Waals surface area contributed by atoms with Crippen LogP contribution in [-0.2, 0) is 14.3 Å². The van der Waals surface area contributed by atoms with Crippen LogP contribution in [0, 0.1) is 5.92 Å². The Hall–Kier alpha value is -1.10. The number of hydrogen-bond donors (Lipinski definition) is 1. The molecule has 5 heteroatoms. The first-order valence-electron chi connectivity index (χ1n) is 5.64. The van der Waals surface area contributed by atoms with Gasteiger partial charge in [-0.3, -0.25) is 4.79 Å². The first-order chi connectivity index (χ1) is 7.69. The van der Waals surface area contributed by atoms with Crippen molar-refractivity contribution in [1.29, 1.82) is 0 Å². The molecule has 1 amide bonds. The van der Waals surface area contributed by atoms with E-state index in [0.29, 0.717) is 19.6 Å². The SMILES string of the molecule is CCC(=O)[C@@H](NC(=O)OC)C1CCOCC1. The Kier molecular flexibility index (Phi) is 5.25. The molecule has 0 saturated carbocycles. The number of ether oxygens (including phenoxy) is 2. The second-order valence-corrected chi connectivity index (χ2v) is 3.88. The van der Waals surface area contributed by atoms with Gasteiger partial charge in [-0.1, -0.05) is 6.92 Å². The van der Waals surface area contributed by atoms with Crippen molar-refractivity contribution in [3.05, 3.63) is 0 Å². The lowest BCUT2D eigenvalue weighted by Crippen LogP contribution is -2.47. The summed E-state index contributed by atoms with van der Waals surface area (Å²) in [6, 6.07) is -0.429. The molecule has 1 aliphatic rings. The van der Waals surface area contributed by atoms with E-state index in [-0.39, 0.29) is 11.7 Å². The second kappa shape index (κ2) is 6.48. The smallest absolute Gasteiger partial charge is 0.407 e. The summed E-state index contributed by atoms with van der Waals surface area (Å²) in [5.74, 6) is 0.220. The van der Waals surface area contributed by atoms with E-state index in [2.05, 4.69) is 10.1 Å². The van der Waals surface area contributed by atoms with E-state index in [9.17, 15) is 9.59 Å². The Morgan fingerprint density at radius 2 is 2.06 bits per heavy atom. The third-order valence-corrected chi connectivity index (χ3v) is 2.89. The number of carbonyl (C=O) groups is 2. The maximum Gasteiger partial charge on any atom is 0.407 e. The summed E-state index contributed by atoms with van der Waals surface area (Å²) in [5, 5.41) is 2.62. The third kappa shape index (κ3) is 3.48. The van der Waals surface area contributed by atoms with Gasteiger partial charge in [0.25, 0.3) is 0 Å². The number of ketones is 1. The molecular weight excluding hydrogens is 210 g/mol. The van der Waals surface area contributed by atoms with Gasteiger partial charge in [0, 0.05) is 19.6 Å². The van der Waals surface area contributed by atoms with Crippen molar-refractivity contribution < 1.29 is 19.1 Å². The molecule has 1 aliphatic heterocycles. The van der Waals surface area contributed by atoms with Crippen molar-refractivity contribution in [2.75, 3.05) is 20.3 Å². The number of Topliss-reactive ketones (excluding diaryl/α,β-unsaturated/α-hetero) is 1. The number of hydrogen-bond acceptors (Lipinski definition) is 4. The molecule has 1 fully saturated rings. The van der Waals surface area contributed by atoms with Gasteiger partial charge in [-0.25, -0.2) is 4.79 Å². The summed E-state index contributed by atoms with van der Waals surface area (Å²) in [4.78, 5) is 22.9. The average Bonchev–Trinajstić information content (AvgIpc) is 2.35. The molecular formula is C11H19NO4. The highest BCUT2D eigenvalue weighted by Gasteiger charge is 2.30. The van der Waals surface area contributed by atoms with Crippen LogP contribution in [0.5, 0.6) is 0 Å². The first-order valence-corrected chi connectivity index (χ1v) is 5.64. The van der Waals surface area contributed by atoms with Gasteiger partial charge < -0.3 is 14.8 Å². The highest BCUT2D eigenvalue weighted by molar-refractivity contribution is 5.87. The fourth-order valence-electron chi connectivity index (χ4n) is 1.92. The van der Waals surface area contributed by atoms with Gasteiger partial charge in [-0.05, 0) is 18.8 Å². The van der Waals surface area contributed by atoms with Crippen LogP contribution < -0.4 is 5.32 Å². The molecule has 0 aliphatic carbocycles. The topological polar surface area (TPSA) is 64.6 Å². The lowest BCUT2D eigenvalue weighted by atomic mass is 9.88. The Morgan fingerprint density at radius 1 is 1.44 bits per heavy atom. The number of amides is 1. The van der Waals surface area contributed by atoms with E-state index in [0.717, 1.165) is 12.8 Å². The molecule has 0 aromatic carbocycles. The molecule has 0 aromatic heterocycles. The molecule has 0 bridgehead atoms. The van der Waals surface area contributed by atoms with Gasteiger partial charge in [-0.2, -0.15) is 0 Å². The van der Waals surface area contributed by atoms with E-state index in [1.807, 2.05) is 0 Å². The van der Waals surface area contributed by atoms with E-state index >= 15 is 0 Å². The van der Waals surface area contributed by atoms with Crippen LogP contribution in [0.1, 0.15) is 26.2 Å². The predicted octanol–water partition coefficient (Wildman–Crippen LogP) is 1.12. The standard InChI is InChI=1S/C11H19NO4/c1-3-9(13)10(12-11(14)15-2)8-4-6-16-7-5-8/h8,10H,3-7H2,1-2H3,(H,12,14)/t10-/m0/s1. The lowest BCUT2D eigenvalue weighted by molar-refractivity contribution is -0.122. The van der Waals surface area contributed by atoms with Gasteiger partial charge in [0.15, 0.2) is 5.78 Å². The summed E-state index contributed by atoms with van der Waals surface area (Å²) in [5.41, 5.74) is 0. The van der Waals surface area contributed by atoms with Crippen LogP contribution in [0.3, 0.4) is 0 Å². The molecule has 1 rings (SSSR count). The molecule has 0 spiro atoms. The van der Waals surface area contributed by atoms with Crippen molar-refractivity contribution >= 4 is 11.9 Å². The first kappa shape index (κ1) is 13.0. The summed E-state index contributed by atoms with van der Waals surface area (Å²) >= 11 is 0. The Morgan fingerprint density at radius 3 is 2.56 bits per heavy atom. The van der Waals surface area contributed by atoms with Crippen LogP contribution in [0.2, 0.25) is 0 Å². The number of carbonyl (C=O) groups excluding carboxylic acids is 2. The molecule has 1 N–H and O–H groups in total. The van der Waals surface area contributed by atoms with Crippen molar-refractivity contribution in [2.24, 2.45) is 5.92 Å². The zero-order chi connectivity index (χ0) is 12.0. The maximum atomic E-state index is 11.8. The second-order valence-electron chi connectivity index (χ2n) is 3.88. The highest BCUT2D eigenvalue weighted by atomic mass is 16.5. The van der Waals surface area contributed by atoms with E-state index < -0.39 is 12.1 Å². The van der Waals surface area contributed by atoms with Gasteiger partial charge in [0.1, 0.15) is 0 Å². The minimum absolute atomic E-state index is 0.0531. The number of rotatable bonds is 4. The number of alkyl carbamates (subject to hydrolysis) is 1. The quantitative estimate of drug-likeness (QED) is 0.784. The normalized spacial score (nSPS) is 18.9. The zero-order valence-corrected chi connectivity index (χ0v) is 9.82. The Bertz CT molecular complexity index is 248. The van der Waals surface area contributed by atoms with E-state index in [1.54, 1.807) is 6.92 Å². The molecule has 0 radical (unpaired) electrons. The molecule has 16 heavy (non-hydrogen) atoms. The van der Waals surface area contributed by atoms with Crippen molar-refractivity contribution in [1.82, 2.24) is 5.32 Å². The van der Waals surface area contributed by atoms with E-state index in [4.69, 9.17) is 4.74 Å². The minimum Gasteiger partial charge on any atom is -0.453 e. The van der Waals surface area contributed by atoms with Crippen LogP contribution >= 0.6 is 0 Å². The van der Waals surface area contributed by atoms with Crippen LogP contribution in [0.25, 0.3) is 0 Å².